The Morgan fingerprint density at radius 1 is 0.895 bits per heavy atom. The van der Waals surface area contributed by atoms with Crippen LogP contribution in [0.5, 0.6) is 0 Å². The van der Waals surface area contributed by atoms with Gasteiger partial charge in [0.05, 0.1) is 12.1 Å². The topological polar surface area (TPSA) is 71.0 Å². The van der Waals surface area contributed by atoms with Crippen molar-refractivity contribution in [1.82, 2.24) is 5.06 Å². The normalized spacial score (nSPS) is 46.5. The molecule has 3 fully saturated rings. The van der Waals surface area contributed by atoms with Crippen LogP contribution in [0.3, 0.4) is 0 Å². The molecule has 0 bridgehead atoms. The van der Waals surface area contributed by atoms with E-state index in [0.717, 1.165) is 44.9 Å². The first-order valence-corrected chi connectivity index (χ1v) is 7.51. The van der Waals surface area contributed by atoms with E-state index in [0.29, 0.717) is 12.8 Å². The fourth-order valence-electron chi connectivity index (χ4n) is 4.73. The first kappa shape index (κ1) is 12.9. The lowest BCUT2D eigenvalue weighted by Gasteiger charge is -2.58. The van der Waals surface area contributed by atoms with E-state index in [-0.39, 0.29) is 11.8 Å². The summed E-state index contributed by atoms with van der Waals surface area (Å²) in [4.78, 5) is 0. The molecule has 3 rings (SSSR count). The molecule has 1 N–H and O–H groups in total. The summed E-state index contributed by atoms with van der Waals surface area (Å²) in [5.41, 5.74) is -1.61. The highest BCUT2D eigenvalue weighted by Crippen LogP contribution is 2.54. The monoisotopic (exact) mass is 259 g/mol. The highest BCUT2D eigenvalue weighted by Gasteiger charge is 2.62. The first-order valence-electron chi connectivity index (χ1n) is 7.51. The van der Waals surface area contributed by atoms with Gasteiger partial charge >= 0.3 is 0 Å². The van der Waals surface area contributed by atoms with Gasteiger partial charge in [0.25, 0.3) is 0 Å². The average Bonchev–Trinajstić information content (AvgIpc) is 2.48. The van der Waals surface area contributed by atoms with Crippen molar-refractivity contribution in [2.45, 2.75) is 68.9 Å². The molecule has 0 spiro atoms. The van der Waals surface area contributed by atoms with Gasteiger partial charge in [0, 0.05) is 0 Å². The summed E-state index contributed by atoms with van der Waals surface area (Å²) in [6.45, 7) is 0. The van der Waals surface area contributed by atoms with E-state index in [1.54, 1.807) is 0 Å². The van der Waals surface area contributed by atoms with Crippen molar-refractivity contribution >= 4 is 0 Å². The van der Waals surface area contributed by atoms with Gasteiger partial charge in [-0.2, -0.15) is 15.6 Å². The summed E-state index contributed by atoms with van der Waals surface area (Å²) in [6.07, 6.45) is 8.65. The Kier molecular flexibility index (Phi) is 3.04. The van der Waals surface area contributed by atoms with Gasteiger partial charge in [0.2, 0.25) is 0 Å². The van der Waals surface area contributed by atoms with Gasteiger partial charge in [-0.25, -0.2) is 0 Å². The Morgan fingerprint density at radius 3 is 1.79 bits per heavy atom. The summed E-state index contributed by atoms with van der Waals surface area (Å²) < 4.78 is 0. The molecule has 0 aromatic heterocycles. The molecule has 1 heterocycles. The third kappa shape index (κ3) is 1.57. The standard InChI is InChI=1S/C15H21N3O/c16-10-14-7-3-1-5-12(14)9-13-6-2-4-8-15(13,11-17)18(14)19/h12-13,19H,1-9H2. The molecule has 3 aliphatic rings. The van der Waals surface area contributed by atoms with E-state index in [9.17, 15) is 15.7 Å². The largest absolute Gasteiger partial charge is 0.311 e. The highest BCUT2D eigenvalue weighted by molar-refractivity contribution is 5.25. The average molecular weight is 259 g/mol. The molecule has 0 aromatic rings. The molecule has 0 amide bonds. The van der Waals surface area contributed by atoms with Crippen LogP contribution in [0, 0.1) is 34.5 Å². The van der Waals surface area contributed by atoms with Crippen LogP contribution in [-0.2, 0) is 0 Å². The number of fused-ring (bicyclic) bond motifs is 2. The maximum Gasteiger partial charge on any atom is 0.137 e. The van der Waals surface area contributed by atoms with Crippen molar-refractivity contribution in [3.05, 3.63) is 0 Å². The predicted octanol–water partition coefficient (Wildman–Crippen LogP) is 2.99. The minimum atomic E-state index is -0.804. The Labute approximate surface area is 114 Å². The summed E-state index contributed by atoms with van der Waals surface area (Å²) in [7, 11) is 0. The van der Waals surface area contributed by atoms with Crippen LogP contribution < -0.4 is 0 Å². The van der Waals surface area contributed by atoms with Crippen LogP contribution in [-0.4, -0.2) is 21.3 Å². The van der Waals surface area contributed by atoms with Gasteiger partial charge < -0.3 is 5.21 Å². The third-order valence-corrected chi connectivity index (χ3v) is 5.78. The molecule has 4 atom stereocenters. The quantitative estimate of drug-likeness (QED) is 0.726. The van der Waals surface area contributed by atoms with Gasteiger partial charge in [-0.05, 0) is 43.9 Å². The Morgan fingerprint density at radius 2 is 1.37 bits per heavy atom. The number of piperidine rings is 1. The van der Waals surface area contributed by atoms with Crippen LogP contribution in [0.2, 0.25) is 0 Å². The van der Waals surface area contributed by atoms with Gasteiger partial charge in [0.1, 0.15) is 11.1 Å². The number of nitriles is 2. The number of nitrogens with zero attached hydrogens (tertiary/aromatic N) is 3. The molecule has 0 radical (unpaired) electrons. The fraction of sp³-hybridized carbons (Fsp3) is 0.867. The second-order valence-electron chi connectivity index (χ2n) is 6.51. The summed E-state index contributed by atoms with van der Waals surface area (Å²) >= 11 is 0. The van der Waals surface area contributed by atoms with E-state index < -0.39 is 11.1 Å². The number of hydroxylamine groups is 2. The van der Waals surface area contributed by atoms with Crippen LogP contribution in [0.4, 0.5) is 0 Å². The first-order chi connectivity index (χ1) is 9.19. The highest BCUT2D eigenvalue weighted by atomic mass is 16.5. The van der Waals surface area contributed by atoms with E-state index in [1.165, 1.54) is 5.06 Å². The lowest BCUT2D eigenvalue weighted by molar-refractivity contribution is -0.275. The minimum Gasteiger partial charge on any atom is -0.311 e. The lowest BCUT2D eigenvalue weighted by Crippen LogP contribution is -2.69. The third-order valence-electron chi connectivity index (χ3n) is 5.78. The molecule has 2 saturated carbocycles. The Balaban J connectivity index is 2.04. The molecule has 19 heavy (non-hydrogen) atoms. The van der Waals surface area contributed by atoms with E-state index in [1.807, 2.05) is 0 Å². The van der Waals surface area contributed by atoms with E-state index >= 15 is 0 Å². The van der Waals surface area contributed by atoms with Crippen molar-refractivity contribution in [1.29, 1.82) is 10.5 Å². The molecule has 102 valence electrons. The zero-order chi connectivity index (χ0) is 13.5. The van der Waals surface area contributed by atoms with Gasteiger partial charge in [-0.1, -0.05) is 25.7 Å². The van der Waals surface area contributed by atoms with Gasteiger partial charge in [0.15, 0.2) is 0 Å². The van der Waals surface area contributed by atoms with Crippen molar-refractivity contribution in [3.8, 4) is 12.1 Å². The van der Waals surface area contributed by atoms with E-state index in [2.05, 4.69) is 12.1 Å². The zero-order valence-electron chi connectivity index (χ0n) is 11.3. The molecule has 2 aliphatic carbocycles. The molecule has 1 aliphatic heterocycles. The number of hydrogen-bond acceptors (Lipinski definition) is 4. The maximum atomic E-state index is 10.8. The van der Waals surface area contributed by atoms with Crippen molar-refractivity contribution < 1.29 is 5.21 Å². The second kappa shape index (κ2) is 4.47. The van der Waals surface area contributed by atoms with Gasteiger partial charge in [-0.3, -0.25) is 0 Å². The summed E-state index contributed by atoms with van der Waals surface area (Å²) in [5.74, 6) is 0.474. The molecule has 4 nitrogen and oxygen atoms in total. The van der Waals surface area contributed by atoms with Gasteiger partial charge in [-0.15, -0.1) is 0 Å². The Hall–Kier alpha value is -1.10. The number of rotatable bonds is 0. The molecule has 1 saturated heterocycles. The predicted molar refractivity (Wildman–Crippen MR) is 68.8 cm³/mol. The van der Waals surface area contributed by atoms with Crippen LogP contribution in [0.1, 0.15) is 57.8 Å². The molecular formula is C15H21N3O. The molecule has 0 aromatic carbocycles. The number of hydrogen-bond donors (Lipinski definition) is 1. The summed E-state index contributed by atoms with van der Waals surface area (Å²) in [6, 6.07) is 4.77. The second-order valence-corrected chi connectivity index (χ2v) is 6.51. The van der Waals surface area contributed by atoms with Crippen molar-refractivity contribution in [3.63, 3.8) is 0 Å². The SMILES string of the molecule is N#CC12CCCCC1CC1CCCCC1(C#N)N2O. The van der Waals surface area contributed by atoms with E-state index in [4.69, 9.17) is 0 Å². The molecular weight excluding hydrogens is 238 g/mol. The molecule has 4 unspecified atom stereocenters. The van der Waals surface area contributed by atoms with Crippen LogP contribution >= 0.6 is 0 Å². The summed E-state index contributed by atoms with van der Waals surface area (Å²) in [5, 5.41) is 31.4. The minimum absolute atomic E-state index is 0.237. The fourth-order valence-corrected chi connectivity index (χ4v) is 4.73. The van der Waals surface area contributed by atoms with Crippen LogP contribution in [0.25, 0.3) is 0 Å². The zero-order valence-corrected chi connectivity index (χ0v) is 11.3. The molecule has 4 heteroatoms. The lowest BCUT2D eigenvalue weighted by atomic mass is 9.58. The van der Waals surface area contributed by atoms with Crippen molar-refractivity contribution in [2.24, 2.45) is 11.8 Å². The Bertz CT molecular complexity index is 411. The van der Waals surface area contributed by atoms with Crippen LogP contribution in [0.15, 0.2) is 0 Å². The maximum absolute atomic E-state index is 10.8. The van der Waals surface area contributed by atoms with Crippen molar-refractivity contribution in [2.75, 3.05) is 0 Å². The smallest absolute Gasteiger partial charge is 0.137 e.